The molecule has 3 rings (SSSR count). The fraction of sp³-hybridized carbons (Fsp3) is 0.600. The maximum absolute atomic E-state index is 6.04. The smallest absolute Gasteiger partial charge is 0.148 e. The minimum atomic E-state index is 0.587. The van der Waals surface area contributed by atoms with Crippen molar-refractivity contribution in [3.05, 3.63) is 10.4 Å². The van der Waals surface area contributed by atoms with E-state index in [1.165, 1.54) is 37.2 Å². The summed E-state index contributed by atoms with van der Waals surface area (Å²) < 4.78 is 4.31. The van der Waals surface area contributed by atoms with Crippen molar-refractivity contribution in [3.63, 3.8) is 0 Å². The molecule has 2 aromatic heterocycles. The number of nitrogens with one attached hydrogen (secondary N) is 1. The number of nitrogen functional groups attached to an aromatic ring is 1. The Morgan fingerprint density at radius 3 is 2.90 bits per heavy atom. The highest BCUT2D eigenvalue weighted by atomic mass is 32.1. The molecule has 0 amide bonds. The Morgan fingerprint density at radius 2 is 2.19 bits per heavy atom. The predicted molar refractivity (Wildman–Crippen MR) is 92.0 cm³/mol. The number of nitrogens with two attached hydrogens (primary N) is 1. The van der Waals surface area contributed by atoms with Gasteiger partial charge in [-0.05, 0) is 36.7 Å². The third kappa shape index (κ3) is 3.21. The number of thiazole rings is 1. The fourth-order valence-corrected chi connectivity index (χ4v) is 4.40. The Balaban J connectivity index is 1.74. The second kappa shape index (κ2) is 6.32. The van der Waals surface area contributed by atoms with Crippen LogP contribution in [0.5, 0.6) is 0 Å². The zero-order valence-electron chi connectivity index (χ0n) is 12.6. The van der Waals surface area contributed by atoms with Crippen LogP contribution in [0, 0.1) is 18.8 Å². The number of anilines is 2. The van der Waals surface area contributed by atoms with E-state index in [1.807, 2.05) is 6.92 Å². The lowest BCUT2D eigenvalue weighted by molar-refractivity contribution is 0.269. The molecule has 6 heteroatoms. The summed E-state index contributed by atoms with van der Waals surface area (Å²) in [6, 6.07) is 0. The van der Waals surface area contributed by atoms with Crippen molar-refractivity contribution in [2.45, 2.75) is 39.5 Å². The average Bonchev–Trinajstić information content (AvgIpc) is 3.04. The standard InChI is InChI=1S/C15H22N4S2/c1-9-5-3-4-6-11(9)7-17-15-13(14(16)19-21-15)12-8-20-10(2)18-12/h8-9,11,17H,3-7H2,1-2H3,(H2,16,19). The summed E-state index contributed by atoms with van der Waals surface area (Å²) in [6.07, 6.45) is 5.43. The van der Waals surface area contributed by atoms with E-state index in [0.717, 1.165) is 39.6 Å². The van der Waals surface area contributed by atoms with Crippen molar-refractivity contribution in [1.82, 2.24) is 9.36 Å². The Bertz CT molecular complexity index is 605. The second-order valence-electron chi connectivity index (χ2n) is 5.93. The minimum Gasteiger partial charge on any atom is -0.382 e. The largest absolute Gasteiger partial charge is 0.382 e. The summed E-state index contributed by atoms with van der Waals surface area (Å²) in [4.78, 5) is 4.55. The molecule has 1 fully saturated rings. The van der Waals surface area contributed by atoms with Crippen molar-refractivity contribution in [1.29, 1.82) is 0 Å². The van der Waals surface area contributed by atoms with Gasteiger partial charge >= 0.3 is 0 Å². The molecular formula is C15H22N4S2. The topological polar surface area (TPSA) is 63.8 Å². The molecule has 0 aliphatic heterocycles. The SMILES string of the molecule is Cc1nc(-c2c(N)nsc2NCC2CCCCC2C)cs1. The first-order chi connectivity index (χ1) is 10.1. The Kier molecular flexibility index (Phi) is 4.45. The molecular weight excluding hydrogens is 300 g/mol. The van der Waals surface area contributed by atoms with Crippen LogP contribution in [0.4, 0.5) is 10.8 Å². The first-order valence-corrected chi connectivity index (χ1v) is 9.22. The van der Waals surface area contributed by atoms with Crippen LogP contribution in [-0.4, -0.2) is 15.9 Å². The maximum Gasteiger partial charge on any atom is 0.148 e. The summed E-state index contributed by atoms with van der Waals surface area (Å²) in [5, 5.41) is 7.77. The van der Waals surface area contributed by atoms with Gasteiger partial charge in [-0.25, -0.2) is 4.98 Å². The Morgan fingerprint density at radius 1 is 1.38 bits per heavy atom. The molecule has 0 bridgehead atoms. The maximum atomic E-state index is 6.04. The number of rotatable bonds is 4. The number of hydrogen-bond donors (Lipinski definition) is 2. The lowest BCUT2D eigenvalue weighted by Crippen LogP contribution is -2.24. The van der Waals surface area contributed by atoms with E-state index in [-0.39, 0.29) is 0 Å². The van der Waals surface area contributed by atoms with Crippen molar-refractivity contribution in [2.75, 3.05) is 17.6 Å². The fourth-order valence-electron chi connectivity index (χ4n) is 3.07. The summed E-state index contributed by atoms with van der Waals surface area (Å²) >= 11 is 3.10. The molecule has 2 unspecified atom stereocenters. The minimum absolute atomic E-state index is 0.587. The zero-order valence-corrected chi connectivity index (χ0v) is 14.2. The molecule has 2 atom stereocenters. The van der Waals surface area contributed by atoms with Gasteiger partial charge in [0.1, 0.15) is 10.8 Å². The molecule has 1 aliphatic carbocycles. The van der Waals surface area contributed by atoms with Crippen LogP contribution in [0.3, 0.4) is 0 Å². The number of aromatic nitrogens is 2. The van der Waals surface area contributed by atoms with Gasteiger partial charge in [-0.1, -0.05) is 26.2 Å². The van der Waals surface area contributed by atoms with Gasteiger partial charge in [0.05, 0.1) is 16.3 Å². The molecule has 2 aromatic rings. The normalized spacial score (nSPS) is 22.4. The van der Waals surface area contributed by atoms with Crippen LogP contribution >= 0.6 is 22.9 Å². The van der Waals surface area contributed by atoms with E-state index < -0.39 is 0 Å². The van der Waals surface area contributed by atoms with Crippen LogP contribution in [0.2, 0.25) is 0 Å². The monoisotopic (exact) mass is 322 g/mol. The summed E-state index contributed by atoms with van der Waals surface area (Å²) in [7, 11) is 0. The molecule has 0 radical (unpaired) electrons. The number of aryl methyl sites for hydroxylation is 1. The van der Waals surface area contributed by atoms with E-state index in [9.17, 15) is 0 Å². The van der Waals surface area contributed by atoms with Gasteiger partial charge in [-0.2, -0.15) is 4.37 Å². The van der Waals surface area contributed by atoms with Crippen molar-refractivity contribution in [2.24, 2.45) is 11.8 Å². The molecule has 1 aliphatic rings. The number of nitrogens with zero attached hydrogens (tertiary/aromatic N) is 2. The first kappa shape index (κ1) is 14.8. The highest BCUT2D eigenvalue weighted by molar-refractivity contribution is 7.11. The molecule has 1 saturated carbocycles. The van der Waals surface area contributed by atoms with Gasteiger partial charge in [-0.3, -0.25) is 0 Å². The van der Waals surface area contributed by atoms with E-state index in [0.29, 0.717) is 5.82 Å². The third-order valence-electron chi connectivity index (χ3n) is 4.41. The Labute approximate surface area is 134 Å². The number of hydrogen-bond acceptors (Lipinski definition) is 6. The lowest BCUT2D eigenvalue weighted by atomic mass is 9.80. The van der Waals surface area contributed by atoms with Gasteiger partial charge in [-0.15, -0.1) is 11.3 Å². The van der Waals surface area contributed by atoms with Gasteiger partial charge in [0.2, 0.25) is 0 Å². The molecule has 0 aromatic carbocycles. The average molecular weight is 323 g/mol. The second-order valence-corrected chi connectivity index (χ2v) is 7.76. The van der Waals surface area contributed by atoms with Crippen LogP contribution in [0.15, 0.2) is 5.38 Å². The lowest BCUT2D eigenvalue weighted by Gasteiger charge is -2.28. The van der Waals surface area contributed by atoms with E-state index in [4.69, 9.17) is 5.73 Å². The van der Waals surface area contributed by atoms with Crippen LogP contribution in [-0.2, 0) is 0 Å². The molecule has 0 saturated heterocycles. The van der Waals surface area contributed by atoms with Crippen LogP contribution < -0.4 is 11.1 Å². The van der Waals surface area contributed by atoms with E-state index in [2.05, 4.69) is 27.0 Å². The van der Waals surface area contributed by atoms with Gasteiger partial charge in [0.25, 0.3) is 0 Å². The van der Waals surface area contributed by atoms with Crippen molar-refractivity contribution >= 4 is 33.7 Å². The van der Waals surface area contributed by atoms with Crippen LogP contribution in [0.1, 0.15) is 37.6 Å². The third-order valence-corrected chi connectivity index (χ3v) is 6.00. The zero-order chi connectivity index (χ0) is 14.8. The molecule has 4 nitrogen and oxygen atoms in total. The summed E-state index contributed by atoms with van der Waals surface area (Å²) in [5.41, 5.74) is 7.97. The van der Waals surface area contributed by atoms with Gasteiger partial charge in [0, 0.05) is 11.9 Å². The van der Waals surface area contributed by atoms with E-state index in [1.54, 1.807) is 11.3 Å². The molecule has 21 heavy (non-hydrogen) atoms. The highest BCUT2D eigenvalue weighted by Gasteiger charge is 2.22. The van der Waals surface area contributed by atoms with Crippen molar-refractivity contribution in [3.8, 4) is 11.3 Å². The predicted octanol–water partition coefficient (Wildman–Crippen LogP) is 4.40. The van der Waals surface area contributed by atoms with E-state index >= 15 is 0 Å². The quantitative estimate of drug-likeness (QED) is 0.876. The molecule has 0 spiro atoms. The molecule has 114 valence electrons. The van der Waals surface area contributed by atoms with Gasteiger partial charge < -0.3 is 11.1 Å². The molecule has 3 N–H and O–H groups in total. The van der Waals surface area contributed by atoms with Gasteiger partial charge in [0.15, 0.2) is 0 Å². The summed E-state index contributed by atoms with van der Waals surface area (Å²) in [5.74, 6) is 2.15. The first-order valence-electron chi connectivity index (χ1n) is 7.56. The van der Waals surface area contributed by atoms with Crippen LogP contribution in [0.25, 0.3) is 11.3 Å². The van der Waals surface area contributed by atoms with Crippen molar-refractivity contribution < 1.29 is 0 Å². The molecule has 2 heterocycles. The Hall–Kier alpha value is -1.14. The highest BCUT2D eigenvalue weighted by Crippen LogP contribution is 2.38. The summed E-state index contributed by atoms with van der Waals surface area (Å²) in [6.45, 7) is 5.40.